The first-order chi connectivity index (χ1) is 9.54. The first-order valence-electron chi connectivity index (χ1n) is 5.20. The molecule has 0 aromatic heterocycles. The summed E-state index contributed by atoms with van der Waals surface area (Å²) in [7, 11) is 0. The van der Waals surface area contributed by atoms with Gasteiger partial charge < -0.3 is 4.74 Å². The number of nitrogens with zero attached hydrogens (tertiary/aromatic N) is 2. The van der Waals surface area contributed by atoms with E-state index in [0.717, 1.165) is 6.07 Å². The molecule has 11 heteroatoms. The Kier molecular flexibility index (Phi) is 4.45. The van der Waals surface area contributed by atoms with Gasteiger partial charge in [-0.1, -0.05) is 0 Å². The van der Waals surface area contributed by atoms with Crippen LogP contribution in [0.15, 0.2) is 12.1 Å². The summed E-state index contributed by atoms with van der Waals surface area (Å²) < 4.78 is 39.9. The summed E-state index contributed by atoms with van der Waals surface area (Å²) in [6, 6.07) is 1.48. The third kappa shape index (κ3) is 3.87. The Morgan fingerprint density at radius 2 is 1.81 bits per heavy atom. The summed E-state index contributed by atoms with van der Waals surface area (Å²) in [5.41, 5.74) is -1.72. The van der Waals surface area contributed by atoms with Crippen molar-refractivity contribution in [2.45, 2.75) is 19.7 Å². The number of carbonyl (C=O) groups is 1. The molecule has 0 N–H and O–H groups in total. The highest BCUT2D eigenvalue weighted by Gasteiger charge is 2.41. The second-order valence-electron chi connectivity index (χ2n) is 3.84. The van der Waals surface area contributed by atoms with Crippen LogP contribution in [-0.4, -0.2) is 22.0 Å². The number of non-ortho nitro benzene ring substituents is 1. The maximum Gasteiger partial charge on any atom is 0.490 e. The van der Waals surface area contributed by atoms with E-state index in [9.17, 15) is 38.2 Å². The fourth-order valence-corrected chi connectivity index (χ4v) is 1.41. The third-order valence-corrected chi connectivity index (χ3v) is 2.47. The molecule has 1 aromatic rings. The normalized spacial score (nSPS) is 11.0. The number of hydrogen-bond donors (Lipinski definition) is 0. The predicted octanol–water partition coefficient (Wildman–Crippen LogP) is 2.42. The van der Waals surface area contributed by atoms with E-state index in [-0.39, 0.29) is 11.1 Å². The molecule has 0 radical (unpaired) electrons. The largest absolute Gasteiger partial charge is 0.490 e. The highest BCUT2D eigenvalue weighted by atomic mass is 19.4. The second-order valence-corrected chi connectivity index (χ2v) is 3.84. The van der Waals surface area contributed by atoms with Gasteiger partial charge in [0.25, 0.3) is 11.4 Å². The van der Waals surface area contributed by atoms with Crippen molar-refractivity contribution in [2.24, 2.45) is 0 Å². The van der Waals surface area contributed by atoms with Crippen LogP contribution in [0.25, 0.3) is 0 Å². The standard InChI is InChI=1S/C10H7F3N2O6/c1-5-6(4-21-9(16)10(11,12)13)2-7(14(17)18)3-8(5)15(19)20/h2-3H,4H2,1H3. The highest BCUT2D eigenvalue weighted by Crippen LogP contribution is 2.29. The number of halogens is 3. The van der Waals surface area contributed by atoms with Crippen molar-refractivity contribution in [2.75, 3.05) is 0 Å². The molecule has 114 valence electrons. The van der Waals surface area contributed by atoms with Gasteiger partial charge in [-0.25, -0.2) is 4.79 Å². The van der Waals surface area contributed by atoms with Crippen LogP contribution in [-0.2, 0) is 16.1 Å². The van der Waals surface area contributed by atoms with Crippen molar-refractivity contribution < 1.29 is 32.5 Å². The molecule has 0 bridgehead atoms. The van der Waals surface area contributed by atoms with Gasteiger partial charge in [-0.3, -0.25) is 20.2 Å². The predicted molar refractivity (Wildman–Crippen MR) is 60.3 cm³/mol. The number of benzene rings is 1. The number of ether oxygens (including phenoxy) is 1. The maximum absolute atomic E-state index is 12.0. The number of carbonyl (C=O) groups excluding carboxylic acids is 1. The number of rotatable bonds is 4. The van der Waals surface area contributed by atoms with Crippen molar-refractivity contribution in [1.29, 1.82) is 0 Å². The van der Waals surface area contributed by atoms with Crippen LogP contribution < -0.4 is 0 Å². The third-order valence-electron chi connectivity index (χ3n) is 2.47. The molecule has 0 spiro atoms. The minimum Gasteiger partial charge on any atom is -0.454 e. The Morgan fingerprint density at radius 1 is 1.24 bits per heavy atom. The number of alkyl halides is 3. The molecule has 0 saturated carbocycles. The monoisotopic (exact) mass is 308 g/mol. The SMILES string of the molecule is Cc1c(COC(=O)C(F)(F)F)cc([N+](=O)[O-])cc1[N+](=O)[O-]. The van der Waals surface area contributed by atoms with Gasteiger partial charge in [-0.15, -0.1) is 0 Å². The summed E-state index contributed by atoms with van der Waals surface area (Å²) >= 11 is 0. The molecule has 0 fully saturated rings. The van der Waals surface area contributed by atoms with Gasteiger partial charge in [0.05, 0.1) is 15.9 Å². The molecule has 0 atom stereocenters. The van der Waals surface area contributed by atoms with Gasteiger partial charge in [-0.2, -0.15) is 13.2 Å². The molecule has 1 rings (SSSR count). The van der Waals surface area contributed by atoms with Gasteiger partial charge >= 0.3 is 12.1 Å². The molecule has 0 aliphatic heterocycles. The van der Waals surface area contributed by atoms with Crippen LogP contribution in [0.2, 0.25) is 0 Å². The summed E-state index contributed by atoms with van der Waals surface area (Å²) in [5, 5.41) is 21.4. The van der Waals surface area contributed by atoms with Crippen LogP contribution >= 0.6 is 0 Å². The van der Waals surface area contributed by atoms with E-state index < -0.39 is 40.0 Å². The summed E-state index contributed by atoms with van der Waals surface area (Å²) in [5.74, 6) is -2.49. The molecule has 0 aliphatic rings. The molecular weight excluding hydrogens is 301 g/mol. The zero-order chi connectivity index (χ0) is 16.4. The quantitative estimate of drug-likeness (QED) is 0.479. The van der Waals surface area contributed by atoms with Gasteiger partial charge in [0.2, 0.25) is 0 Å². The molecular formula is C10H7F3N2O6. The Labute approximate surface area is 114 Å². The Morgan fingerprint density at radius 3 is 2.24 bits per heavy atom. The molecule has 21 heavy (non-hydrogen) atoms. The Bertz CT molecular complexity index is 614. The smallest absolute Gasteiger partial charge is 0.454 e. The zero-order valence-corrected chi connectivity index (χ0v) is 10.3. The molecule has 0 heterocycles. The van der Waals surface area contributed by atoms with Crippen molar-refractivity contribution in [3.05, 3.63) is 43.5 Å². The van der Waals surface area contributed by atoms with Gasteiger partial charge in [-0.05, 0) is 6.92 Å². The van der Waals surface area contributed by atoms with Crippen LogP contribution in [0.3, 0.4) is 0 Å². The van der Waals surface area contributed by atoms with Crippen LogP contribution in [0.1, 0.15) is 11.1 Å². The first-order valence-corrected chi connectivity index (χ1v) is 5.20. The summed E-state index contributed by atoms with van der Waals surface area (Å²) in [6.07, 6.45) is -5.22. The minimum atomic E-state index is -5.22. The minimum absolute atomic E-state index is 0.124. The first kappa shape index (κ1) is 16.3. The van der Waals surface area contributed by atoms with Crippen LogP contribution in [0, 0.1) is 27.2 Å². The van der Waals surface area contributed by atoms with E-state index in [0.29, 0.717) is 6.07 Å². The van der Waals surface area contributed by atoms with E-state index >= 15 is 0 Å². The second kappa shape index (κ2) is 5.73. The van der Waals surface area contributed by atoms with E-state index in [4.69, 9.17) is 0 Å². The number of nitro benzene ring substituents is 2. The molecule has 0 saturated heterocycles. The van der Waals surface area contributed by atoms with E-state index in [2.05, 4.69) is 4.74 Å². The maximum atomic E-state index is 12.0. The highest BCUT2D eigenvalue weighted by molar-refractivity contribution is 5.75. The van der Waals surface area contributed by atoms with Crippen molar-refractivity contribution in [3.8, 4) is 0 Å². The average molecular weight is 308 g/mol. The topological polar surface area (TPSA) is 113 Å². The number of esters is 1. The lowest BCUT2D eigenvalue weighted by Gasteiger charge is -2.09. The van der Waals surface area contributed by atoms with E-state index in [1.165, 1.54) is 6.92 Å². The van der Waals surface area contributed by atoms with Crippen LogP contribution in [0.4, 0.5) is 24.5 Å². The lowest BCUT2D eigenvalue weighted by molar-refractivity contribution is -0.394. The molecule has 8 nitrogen and oxygen atoms in total. The lowest BCUT2D eigenvalue weighted by Crippen LogP contribution is -2.25. The molecule has 0 amide bonds. The fraction of sp³-hybridized carbons (Fsp3) is 0.300. The van der Waals surface area contributed by atoms with Gasteiger partial charge in [0.15, 0.2) is 0 Å². The summed E-state index contributed by atoms with van der Waals surface area (Å²) in [6.45, 7) is 0.214. The Hall–Kier alpha value is -2.72. The van der Waals surface area contributed by atoms with Gasteiger partial charge in [0, 0.05) is 17.2 Å². The van der Waals surface area contributed by atoms with Crippen LogP contribution in [0.5, 0.6) is 0 Å². The Balaban J connectivity index is 3.14. The van der Waals surface area contributed by atoms with E-state index in [1.807, 2.05) is 0 Å². The van der Waals surface area contributed by atoms with Crippen molar-refractivity contribution in [3.63, 3.8) is 0 Å². The number of hydrogen-bond acceptors (Lipinski definition) is 6. The van der Waals surface area contributed by atoms with E-state index in [1.54, 1.807) is 0 Å². The molecule has 0 aliphatic carbocycles. The van der Waals surface area contributed by atoms with Crippen molar-refractivity contribution in [1.82, 2.24) is 0 Å². The molecule has 0 unspecified atom stereocenters. The average Bonchev–Trinajstić information content (AvgIpc) is 2.35. The fourth-order valence-electron chi connectivity index (χ4n) is 1.41. The van der Waals surface area contributed by atoms with Gasteiger partial charge in [0.1, 0.15) is 6.61 Å². The molecule has 1 aromatic carbocycles. The zero-order valence-electron chi connectivity index (χ0n) is 10.3. The summed E-state index contributed by atoms with van der Waals surface area (Å²) in [4.78, 5) is 30.1. The number of nitro groups is 2. The van der Waals surface area contributed by atoms with Crippen molar-refractivity contribution >= 4 is 17.3 Å². The lowest BCUT2D eigenvalue weighted by atomic mass is 10.1.